The van der Waals surface area contributed by atoms with E-state index in [0.717, 1.165) is 12.7 Å². The number of aryl methyl sites for hydroxylation is 1. The highest BCUT2D eigenvalue weighted by Gasteiger charge is 2.09. The predicted molar refractivity (Wildman–Crippen MR) is 85.4 cm³/mol. The van der Waals surface area contributed by atoms with Crippen molar-refractivity contribution in [3.8, 4) is 0 Å². The van der Waals surface area contributed by atoms with Crippen LogP contribution in [0.2, 0.25) is 0 Å². The van der Waals surface area contributed by atoms with Gasteiger partial charge in [0.15, 0.2) is 0 Å². The molecule has 122 valence electrons. The Balaban J connectivity index is 0.000000433. The summed E-state index contributed by atoms with van der Waals surface area (Å²) in [6, 6.07) is 3.99. The average molecular weight is 308 g/mol. The van der Waals surface area contributed by atoms with Crippen molar-refractivity contribution in [3.63, 3.8) is 0 Å². The van der Waals surface area contributed by atoms with Crippen LogP contribution in [0.3, 0.4) is 0 Å². The number of carboxylic acid groups (broad SMARTS) is 2. The molecule has 0 aromatic heterocycles. The summed E-state index contributed by atoms with van der Waals surface area (Å²) in [5, 5.41) is 17.2. The van der Waals surface area contributed by atoms with Crippen molar-refractivity contribution in [1.82, 2.24) is 0 Å². The summed E-state index contributed by atoms with van der Waals surface area (Å²) in [6.07, 6.45) is 6.56. The number of carboxylic acids is 2. The molecule has 5 heteroatoms. The molecule has 2 N–H and O–H groups in total. The van der Waals surface area contributed by atoms with Gasteiger partial charge in [-0.1, -0.05) is 32.8 Å². The van der Waals surface area contributed by atoms with Crippen LogP contribution >= 0.6 is 0 Å². The van der Waals surface area contributed by atoms with E-state index >= 15 is 0 Å². The van der Waals surface area contributed by atoms with Gasteiger partial charge in [-0.2, -0.15) is 0 Å². The summed E-state index contributed by atoms with van der Waals surface area (Å²) in [5.74, 6) is -2.24. The molecular formula is C17H24O5. The summed E-state index contributed by atoms with van der Waals surface area (Å²) >= 11 is 0. The monoisotopic (exact) mass is 308 g/mol. The maximum absolute atomic E-state index is 10.5. The van der Waals surface area contributed by atoms with Crippen LogP contribution in [0.15, 0.2) is 31.0 Å². The molecule has 0 aliphatic carbocycles. The second-order valence-electron chi connectivity index (χ2n) is 4.80. The molecule has 0 amide bonds. The van der Waals surface area contributed by atoms with Gasteiger partial charge in [-0.3, -0.25) is 0 Å². The number of hydrogen-bond acceptors (Lipinski definition) is 3. The molecule has 0 fully saturated rings. The first-order valence-electron chi connectivity index (χ1n) is 7.23. The third-order valence-electron chi connectivity index (χ3n) is 2.80. The zero-order chi connectivity index (χ0) is 17.0. The van der Waals surface area contributed by atoms with E-state index in [1.165, 1.54) is 44.1 Å². The normalized spacial score (nSPS) is 9.36. The maximum atomic E-state index is 10.5. The molecule has 0 atom stereocenters. The third-order valence-corrected chi connectivity index (χ3v) is 2.80. The smallest absolute Gasteiger partial charge is 0.335 e. The molecule has 0 saturated heterocycles. The van der Waals surface area contributed by atoms with E-state index in [-0.39, 0.29) is 11.1 Å². The number of aromatic carboxylic acids is 2. The van der Waals surface area contributed by atoms with E-state index in [1.807, 2.05) is 0 Å². The van der Waals surface area contributed by atoms with Gasteiger partial charge in [0, 0.05) is 0 Å². The molecule has 0 unspecified atom stereocenters. The van der Waals surface area contributed by atoms with Gasteiger partial charge in [0.25, 0.3) is 0 Å². The van der Waals surface area contributed by atoms with Gasteiger partial charge in [0.05, 0.1) is 24.0 Å². The first kappa shape index (κ1) is 19.7. The number of hydrogen-bond donors (Lipinski definition) is 2. The Hall–Kier alpha value is -2.30. The lowest BCUT2D eigenvalue weighted by Gasteiger charge is -1.99. The minimum atomic E-state index is -1.12. The molecule has 1 rings (SSSR count). The van der Waals surface area contributed by atoms with Crippen LogP contribution in [0.1, 0.15) is 58.9 Å². The zero-order valence-electron chi connectivity index (χ0n) is 13.2. The van der Waals surface area contributed by atoms with Gasteiger partial charge in [0.1, 0.15) is 0 Å². The van der Waals surface area contributed by atoms with E-state index < -0.39 is 11.9 Å². The molecule has 0 saturated carbocycles. The van der Waals surface area contributed by atoms with Crippen molar-refractivity contribution < 1.29 is 24.5 Å². The summed E-state index contributed by atoms with van der Waals surface area (Å²) in [4.78, 5) is 21.1. The summed E-state index contributed by atoms with van der Waals surface area (Å²) < 4.78 is 4.94. The Kier molecular flexibility index (Phi) is 10.2. The van der Waals surface area contributed by atoms with Gasteiger partial charge < -0.3 is 14.9 Å². The van der Waals surface area contributed by atoms with Crippen LogP contribution < -0.4 is 0 Å². The van der Waals surface area contributed by atoms with Crippen molar-refractivity contribution in [3.05, 3.63) is 47.7 Å². The molecule has 1 aromatic rings. The van der Waals surface area contributed by atoms with Crippen molar-refractivity contribution >= 4 is 11.9 Å². The van der Waals surface area contributed by atoms with Crippen LogP contribution in [0.4, 0.5) is 0 Å². The minimum absolute atomic E-state index is 0.00241. The lowest BCUT2D eigenvalue weighted by atomic mass is 10.1. The lowest BCUT2D eigenvalue weighted by Crippen LogP contribution is -2.02. The van der Waals surface area contributed by atoms with Crippen LogP contribution in [0, 0.1) is 6.92 Å². The molecular weight excluding hydrogens is 284 g/mol. The molecule has 5 nitrogen and oxygen atoms in total. The largest absolute Gasteiger partial charge is 0.502 e. The van der Waals surface area contributed by atoms with E-state index in [2.05, 4.69) is 13.5 Å². The van der Waals surface area contributed by atoms with Gasteiger partial charge >= 0.3 is 11.9 Å². The van der Waals surface area contributed by atoms with E-state index in [4.69, 9.17) is 14.9 Å². The Bertz CT molecular complexity index is 462. The molecule has 0 spiro atoms. The second-order valence-corrected chi connectivity index (χ2v) is 4.80. The molecule has 0 aliphatic heterocycles. The topological polar surface area (TPSA) is 83.8 Å². The highest BCUT2D eigenvalue weighted by Crippen LogP contribution is 2.09. The number of unbranched alkanes of at least 4 members (excludes halogenated alkanes) is 3. The quantitative estimate of drug-likeness (QED) is 0.557. The number of carbonyl (C=O) groups is 2. The van der Waals surface area contributed by atoms with Crippen LogP contribution in [0.5, 0.6) is 0 Å². The van der Waals surface area contributed by atoms with Crippen molar-refractivity contribution in [2.45, 2.75) is 39.5 Å². The van der Waals surface area contributed by atoms with Crippen molar-refractivity contribution in [1.29, 1.82) is 0 Å². The fraction of sp³-hybridized carbons (Fsp3) is 0.412. The highest BCUT2D eigenvalue weighted by atomic mass is 16.5. The van der Waals surface area contributed by atoms with Crippen LogP contribution in [-0.4, -0.2) is 28.8 Å². The van der Waals surface area contributed by atoms with Crippen LogP contribution in [-0.2, 0) is 4.74 Å². The fourth-order valence-corrected chi connectivity index (χ4v) is 1.73. The average Bonchev–Trinajstić information content (AvgIpc) is 2.47. The van der Waals surface area contributed by atoms with Gasteiger partial charge in [-0.25, -0.2) is 9.59 Å². The summed E-state index contributed by atoms with van der Waals surface area (Å²) in [5.41, 5.74) is 0.618. The molecule has 0 heterocycles. The van der Waals surface area contributed by atoms with E-state index in [0.29, 0.717) is 5.56 Å². The minimum Gasteiger partial charge on any atom is -0.502 e. The molecule has 1 aromatic carbocycles. The standard InChI is InChI=1S/C9H8O4.C8H16O/c1-5-2-6(8(10)11)4-7(3-5)9(12)13;1-3-5-6-7-8-9-4-2/h2-4H,1H3,(H,10,11)(H,12,13);4H,2-3,5-8H2,1H3. The third kappa shape index (κ3) is 8.79. The fourth-order valence-electron chi connectivity index (χ4n) is 1.73. The number of rotatable bonds is 8. The highest BCUT2D eigenvalue weighted by molar-refractivity contribution is 5.94. The molecule has 0 aliphatic rings. The van der Waals surface area contributed by atoms with Gasteiger partial charge in [-0.05, 0) is 37.1 Å². The number of ether oxygens (including phenoxy) is 1. The SMILES string of the molecule is C=COCCCCCC.Cc1cc(C(=O)O)cc(C(=O)O)c1. The van der Waals surface area contributed by atoms with E-state index in [9.17, 15) is 9.59 Å². The first-order valence-corrected chi connectivity index (χ1v) is 7.23. The van der Waals surface area contributed by atoms with E-state index in [1.54, 1.807) is 6.92 Å². The Morgan fingerprint density at radius 3 is 2.05 bits per heavy atom. The second kappa shape index (κ2) is 11.4. The Labute approximate surface area is 131 Å². The lowest BCUT2D eigenvalue weighted by molar-refractivity contribution is 0.0696. The van der Waals surface area contributed by atoms with Crippen molar-refractivity contribution in [2.24, 2.45) is 0 Å². The molecule has 0 bridgehead atoms. The summed E-state index contributed by atoms with van der Waals surface area (Å²) in [6.45, 7) is 8.15. The first-order chi connectivity index (χ1) is 10.4. The van der Waals surface area contributed by atoms with Gasteiger partial charge in [0.2, 0.25) is 0 Å². The van der Waals surface area contributed by atoms with Crippen molar-refractivity contribution in [2.75, 3.05) is 6.61 Å². The Morgan fingerprint density at radius 1 is 1.09 bits per heavy atom. The zero-order valence-corrected chi connectivity index (χ0v) is 13.2. The van der Waals surface area contributed by atoms with Gasteiger partial charge in [-0.15, -0.1) is 0 Å². The molecule has 0 radical (unpaired) electrons. The molecule has 22 heavy (non-hydrogen) atoms. The Morgan fingerprint density at radius 2 is 1.64 bits per heavy atom. The number of benzene rings is 1. The summed E-state index contributed by atoms with van der Waals surface area (Å²) in [7, 11) is 0. The predicted octanol–water partition coefficient (Wildman–Crippen LogP) is 4.12. The van der Waals surface area contributed by atoms with Crippen LogP contribution in [0.25, 0.3) is 0 Å². The maximum Gasteiger partial charge on any atom is 0.335 e.